The minimum absolute atomic E-state index is 0. The Morgan fingerprint density at radius 3 is 2.14 bits per heavy atom. The normalized spacial score (nSPS) is 10.1. The fourth-order valence-corrected chi connectivity index (χ4v) is 1.77. The summed E-state index contributed by atoms with van der Waals surface area (Å²) in [5.41, 5.74) is 3.41. The van der Waals surface area contributed by atoms with Crippen molar-refractivity contribution < 1.29 is 4.74 Å². The van der Waals surface area contributed by atoms with Crippen LogP contribution in [0.2, 0.25) is 0 Å². The van der Waals surface area contributed by atoms with Gasteiger partial charge in [-0.25, -0.2) is 0 Å². The van der Waals surface area contributed by atoms with Crippen LogP contribution < -0.4 is 10.1 Å². The molecule has 0 spiro atoms. The van der Waals surface area contributed by atoms with Gasteiger partial charge < -0.3 is 17.5 Å². The van der Waals surface area contributed by atoms with Crippen molar-refractivity contribution in [3.63, 3.8) is 0 Å². The second-order valence-corrected chi connectivity index (χ2v) is 4.33. The van der Waals surface area contributed by atoms with E-state index in [4.69, 9.17) is 4.74 Å². The molecule has 0 heterocycles. The Balaban J connectivity index is 0.00000220. The first kappa shape index (κ1) is 20.8. The summed E-state index contributed by atoms with van der Waals surface area (Å²) >= 11 is 0. The number of rotatable bonds is 5. The Morgan fingerprint density at radius 1 is 0.955 bits per heavy atom. The SMILES string of the molecule is CN/C=C\c1ccc(/C=C\c2c[c-]cc(OC)c2)cc1.[CH3-].[Ca+2]. The molecule has 0 aliphatic carbocycles. The molecular weight excluding hydrogens is 298 g/mol. The van der Waals surface area contributed by atoms with Crippen LogP contribution >= 0.6 is 0 Å². The summed E-state index contributed by atoms with van der Waals surface area (Å²) in [5, 5.41) is 2.98. The minimum Gasteiger partial charge on any atom is -0.554 e. The third-order valence-electron chi connectivity index (χ3n) is 2.87. The maximum absolute atomic E-state index is 5.18. The second-order valence-electron chi connectivity index (χ2n) is 4.33. The molecule has 0 atom stereocenters. The van der Waals surface area contributed by atoms with Crippen LogP contribution in [0, 0.1) is 13.5 Å². The molecule has 3 heteroatoms. The molecule has 0 aromatic heterocycles. The van der Waals surface area contributed by atoms with E-state index in [1.165, 1.54) is 5.56 Å². The van der Waals surface area contributed by atoms with Crippen LogP contribution in [-0.2, 0) is 0 Å². The van der Waals surface area contributed by atoms with Gasteiger partial charge in [-0.15, -0.1) is 23.8 Å². The average molecular weight is 319 g/mol. The monoisotopic (exact) mass is 319 g/mol. The fourth-order valence-electron chi connectivity index (χ4n) is 1.77. The van der Waals surface area contributed by atoms with Crippen molar-refractivity contribution in [2.24, 2.45) is 0 Å². The van der Waals surface area contributed by atoms with Crippen LogP contribution in [0.4, 0.5) is 0 Å². The van der Waals surface area contributed by atoms with Crippen molar-refractivity contribution in [2.45, 2.75) is 0 Å². The number of ether oxygens (including phenoxy) is 1. The summed E-state index contributed by atoms with van der Waals surface area (Å²) in [7, 11) is 3.55. The molecule has 0 bridgehead atoms. The van der Waals surface area contributed by atoms with Gasteiger partial charge in [-0.2, -0.15) is 12.1 Å². The molecule has 0 aliphatic rings. The van der Waals surface area contributed by atoms with Crippen LogP contribution in [0.15, 0.2) is 48.7 Å². The number of hydrogen-bond acceptors (Lipinski definition) is 2. The van der Waals surface area contributed by atoms with Gasteiger partial charge in [-0.3, -0.25) is 0 Å². The first-order chi connectivity index (χ1) is 9.81. The largest absolute Gasteiger partial charge is 2.00 e. The van der Waals surface area contributed by atoms with Crippen LogP contribution in [0.25, 0.3) is 18.2 Å². The van der Waals surface area contributed by atoms with Gasteiger partial charge in [0.05, 0.1) is 7.11 Å². The average Bonchev–Trinajstić information content (AvgIpc) is 2.52. The smallest absolute Gasteiger partial charge is 0.554 e. The van der Waals surface area contributed by atoms with Crippen molar-refractivity contribution in [2.75, 3.05) is 14.2 Å². The molecular formula is C19H21CaNO. The summed E-state index contributed by atoms with van der Waals surface area (Å²) in [6.45, 7) is 0. The van der Waals surface area contributed by atoms with Crippen molar-refractivity contribution in [1.82, 2.24) is 5.32 Å². The van der Waals surface area contributed by atoms with E-state index < -0.39 is 0 Å². The molecule has 0 amide bonds. The van der Waals surface area contributed by atoms with E-state index in [9.17, 15) is 0 Å². The molecule has 0 aliphatic heterocycles. The maximum Gasteiger partial charge on any atom is 2.00 e. The van der Waals surface area contributed by atoms with Crippen LogP contribution in [0.3, 0.4) is 0 Å². The zero-order valence-electron chi connectivity index (χ0n) is 13.5. The van der Waals surface area contributed by atoms with Crippen LogP contribution in [-0.4, -0.2) is 51.9 Å². The Morgan fingerprint density at radius 2 is 1.55 bits per heavy atom. The standard InChI is InChI=1S/C18H18NO.CH3.Ca/c1-19-13-12-16-8-6-15(7-9-16)10-11-17-4-3-5-18(14-17)20-2;;/h4-14,19H,1-2H3;1H3;/q2*-1;+2/b11-10-,13-12-;;. The van der Waals surface area contributed by atoms with Gasteiger partial charge in [0.15, 0.2) is 0 Å². The third kappa shape index (κ3) is 6.69. The van der Waals surface area contributed by atoms with Gasteiger partial charge in [0.1, 0.15) is 0 Å². The van der Waals surface area contributed by atoms with E-state index in [1.54, 1.807) is 7.11 Å². The Kier molecular flexibility index (Phi) is 10.7. The van der Waals surface area contributed by atoms with Gasteiger partial charge in [-0.1, -0.05) is 30.3 Å². The van der Waals surface area contributed by atoms with Crippen molar-refractivity contribution in [3.8, 4) is 5.75 Å². The fraction of sp³-hybridized carbons (Fsp3) is 0.105. The number of methoxy groups -OCH3 is 1. The molecule has 2 aromatic rings. The zero-order valence-corrected chi connectivity index (χ0v) is 15.7. The first-order valence-electron chi connectivity index (χ1n) is 6.49. The number of nitrogens with one attached hydrogen (secondary N) is 1. The minimum atomic E-state index is 0. The number of benzene rings is 2. The van der Waals surface area contributed by atoms with Crippen molar-refractivity contribution in [1.29, 1.82) is 0 Å². The third-order valence-corrected chi connectivity index (χ3v) is 2.87. The maximum atomic E-state index is 5.18. The molecule has 0 fully saturated rings. The Labute approximate surface area is 163 Å². The first-order valence-corrected chi connectivity index (χ1v) is 6.49. The van der Waals surface area contributed by atoms with E-state index in [0.717, 1.165) is 16.9 Å². The molecule has 0 unspecified atom stereocenters. The van der Waals surface area contributed by atoms with Crippen LogP contribution in [0.5, 0.6) is 5.75 Å². The molecule has 2 nitrogen and oxygen atoms in total. The molecule has 2 aromatic carbocycles. The zero-order chi connectivity index (χ0) is 14.2. The molecule has 22 heavy (non-hydrogen) atoms. The molecule has 0 radical (unpaired) electrons. The summed E-state index contributed by atoms with van der Waals surface area (Å²) in [6, 6.07) is 17.2. The molecule has 0 saturated heterocycles. The van der Waals surface area contributed by atoms with E-state index in [0.29, 0.717) is 0 Å². The van der Waals surface area contributed by atoms with Gasteiger partial charge in [-0.05, 0) is 23.4 Å². The molecule has 0 saturated carbocycles. The van der Waals surface area contributed by atoms with Crippen LogP contribution in [0.1, 0.15) is 16.7 Å². The summed E-state index contributed by atoms with van der Waals surface area (Å²) in [4.78, 5) is 0. The van der Waals surface area contributed by atoms with Gasteiger partial charge >= 0.3 is 37.7 Å². The molecule has 2 rings (SSSR count). The number of hydrogen-bond donors (Lipinski definition) is 1. The topological polar surface area (TPSA) is 21.3 Å². The summed E-state index contributed by atoms with van der Waals surface area (Å²) < 4.78 is 5.18. The van der Waals surface area contributed by atoms with Crippen molar-refractivity contribution >= 4 is 56.0 Å². The predicted molar refractivity (Wildman–Crippen MR) is 97.5 cm³/mol. The quantitative estimate of drug-likeness (QED) is 0.512. The van der Waals surface area contributed by atoms with Gasteiger partial charge in [0, 0.05) is 12.8 Å². The van der Waals surface area contributed by atoms with E-state index >= 15 is 0 Å². The van der Waals surface area contributed by atoms with E-state index in [1.807, 2.05) is 37.5 Å². The second kappa shape index (κ2) is 11.4. The summed E-state index contributed by atoms with van der Waals surface area (Å²) in [6.07, 6.45) is 8.08. The molecule has 110 valence electrons. The Hall–Kier alpha value is -1.22. The van der Waals surface area contributed by atoms with Crippen molar-refractivity contribution in [3.05, 3.63) is 78.8 Å². The van der Waals surface area contributed by atoms with Gasteiger partial charge in [0.25, 0.3) is 0 Å². The molecule has 1 N–H and O–H groups in total. The van der Waals surface area contributed by atoms with E-state index in [-0.39, 0.29) is 45.2 Å². The van der Waals surface area contributed by atoms with E-state index in [2.05, 4.69) is 47.8 Å². The van der Waals surface area contributed by atoms with Gasteiger partial charge in [0.2, 0.25) is 0 Å². The Bertz CT molecular complexity index is 603. The summed E-state index contributed by atoms with van der Waals surface area (Å²) in [5.74, 6) is 0.819. The predicted octanol–water partition coefficient (Wildman–Crippen LogP) is 3.93.